The summed E-state index contributed by atoms with van der Waals surface area (Å²) in [7, 11) is 1.83. The van der Waals surface area contributed by atoms with E-state index in [4.69, 9.17) is 0 Å². The normalized spacial score (nSPS) is 12.7. The van der Waals surface area contributed by atoms with Gasteiger partial charge in [-0.15, -0.1) is 11.3 Å². The van der Waals surface area contributed by atoms with Crippen molar-refractivity contribution in [2.75, 3.05) is 7.05 Å². The lowest BCUT2D eigenvalue weighted by molar-refractivity contribution is 0.571. The first kappa shape index (κ1) is 13.2. The van der Waals surface area contributed by atoms with Gasteiger partial charge in [0.15, 0.2) is 0 Å². The Balaban J connectivity index is 2.45. The van der Waals surface area contributed by atoms with E-state index in [1.54, 1.807) is 23.5 Å². The van der Waals surface area contributed by atoms with Crippen LogP contribution in [0, 0.1) is 5.82 Å². The first-order valence-corrected chi connectivity index (χ1v) is 7.45. The van der Waals surface area contributed by atoms with Gasteiger partial charge in [0.2, 0.25) is 0 Å². The average molecular weight is 379 g/mol. The van der Waals surface area contributed by atoms with Gasteiger partial charge in [0.1, 0.15) is 5.82 Å². The van der Waals surface area contributed by atoms with Crippen LogP contribution in [0.3, 0.4) is 0 Å². The molecule has 0 bridgehead atoms. The first-order chi connectivity index (χ1) is 8.13. The molecule has 0 fully saturated rings. The Hall–Kier alpha value is -0.230. The van der Waals surface area contributed by atoms with E-state index in [1.165, 1.54) is 0 Å². The smallest absolute Gasteiger partial charge is 0.142 e. The van der Waals surface area contributed by atoms with Crippen LogP contribution in [0.1, 0.15) is 17.2 Å². The summed E-state index contributed by atoms with van der Waals surface area (Å²) >= 11 is 8.23. The molecule has 1 N–H and O–H groups in total. The number of rotatable bonds is 3. The van der Waals surface area contributed by atoms with Crippen molar-refractivity contribution in [3.63, 3.8) is 0 Å². The Morgan fingerprint density at radius 1 is 1.35 bits per heavy atom. The zero-order valence-electron chi connectivity index (χ0n) is 9.01. The van der Waals surface area contributed by atoms with Crippen LogP contribution >= 0.6 is 43.2 Å². The molecule has 0 saturated heterocycles. The van der Waals surface area contributed by atoms with Gasteiger partial charge in [0, 0.05) is 5.56 Å². The van der Waals surface area contributed by atoms with Crippen molar-refractivity contribution in [1.82, 2.24) is 5.32 Å². The summed E-state index contributed by atoms with van der Waals surface area (Å²) in [6.07, 6.45) is 0. The maximum Gasteiger partial charge on any atom is 0.142 e. The van der Waals surface area contributed by atoms with E-state index in [-0.39, 0.29) is 11.9 Å². The molecule has 0 aliphatic heterocycles. The lowest BCUT2D eigenvalue weighted by atomic mass is 10.0. The summed E-state index contributed by atoms with van der Waals surface area (Å²) in [5.74, 6) is -0.214. The van der Waals surface area contributed by atoms with Crippen molar-refractivity contribution in [1.29, 1.82) is 0 Å². The van der Waals surface area contributed by atoms with Crippen molar-refractivity contribution in [3.05, 3.63) is 54.8 Å². The van der Waals surface area contributed by atoms with Crippen LogP contribution in [0.15, 0.2) is 37.9 Å². The van der Waals surface area contributed by atoms with E-state index < -0.39 is 0 Å². The maximum atomic E-state index is 14.0. The molecule has 0 amide bonds. The predicted molar refractivity (Wildman–Crippen MR) is 77.0 cm³/mol. The minimum Gasteiger partial charge on any atom is -0.309 e. The molecule has 1 aromatic carbocycles. The molecular weight excluding hydrogens is 369 g/mol. The predicted octanol–water partition coefficient (Wildman–Crippen LogP) is 4.72. The summed E-state index contributed by atoms with van der Waals surface area (Å²) in [6.45, 7) is 0. The van der Waals surface area contributed by atoms with Gasteiger partial charge in [0.05, 0.1) is 14.3 Å². The van der Waals surface area contributed by atoms with Crippen molar-refractivity contribution < 1.29 is 4.39 Å². The SMILES string of the molecule is CNC(c1csc(Br)c1)c1cccc(Br)c1F. The third kappa shape index (κ3) is 2.78. The standard InChI is InChI=1S/C12H10Br2FNS/c1-16-12(7-5-10(14)17-6-7)8-3-2-4-9(13)11(8)15/h2-6,12,16H,1H3. The van der Waals surface area contributed by atoms with Crippen molar-refractivity contribution in [3.8, 4) is 0 Å². The lowest BCUT2D eigenvalue weighted by Crippen LogP contribution is -2.18. The minimum absolute atomic E-state index is 0.130. The summed E-state index contributed by atoms with van der Waals surface area (Å²) < 4.78 is 15.6. The zero-order valence-corrected chi connectivity index (χ0v) is 13.0. The molecule has 5 heteroatoms. The summed E-state index contributed by atoms with van der Waals surface area (Å²) in [5, 5.41) is 5.16. The number of halogens is 3. The lowest BCUT2D eigenvalue weighted by Gasteiger charge is -2.16. The molecule has 1 aromatic heterocycles. The molecule has 0 aliphatic rings. The molecule has 0 saturated carbocycles. The Kier molecular flexibility index (Phi) is 4.36. The number of hydrogen-bond donors (Lipinski definition) is 1. The Bertz CT molecular complexity index is 527. The van der Waals surface area contributed by atoms with Gasteiger partial charge in [0.25, 0.3) is 0 Å². The van der Waals surface area contributed by atoms with Gasteiger partial charge in [-0.05, 0) is 62.0 Å². The highest BCUT2D eigenvalue weighted by Crippen LogP contribution is 2.32. The fourth-order valence-electron chi connectivity index (χ4n) is 1.72. The monoisotopic (exact) mass is 377 g/mol. The molecule has 90 valence electrons. The van der Waals surface area contributed by atoms with Gasteiger partial charge in [-0.2, -0.15) is 0 Å². The number of hydrogen-bond acceptors (Lipinski definition) is 2. The second-order valence-corrected chi connectivity index (χ2v) is 6.69. The van der Waals surface area contributed by atoms with E-state index >= 15 is 0 Å². The summed E-state index contributed by atoms with van der Waals surface area (Å²) in [5.41, 5.74) is 1.70. The molecule has 17 heavy (non-hydrogen) atoms. The van der Waals surface area contributed by atoms with Crippen LogP contribution < -0.4 is 5.32 Å². The molecule has 1 unspecified atom stereocenters. The van der Waals surface area contributed by atoms with Crippen LogP contribution in [0.2, 0.25) is 0 Å². The largest absolute Gasteiger partial charge is 0.309 e. The van der Waals surface area contributed by atoms with Gasteiger partial charge in [-0.1, -0.05) is 12.1 Å². The van der Waals surface area contributed by atoms with Crippen LogP contribution in [-0.2, 0) is 0 Å². The fraction of sp³-hybridized carbons (Fsp3) is 0.167. The second kappa shape index (κ2) is 5.61. The number of benzene rings is 1. The van der Waals surface area contributed by atoms with Gasteiger partial charge >= 0.3 is 0 Å². The summed E-state index contributed by atoms with van der Waals surface area (Å²) in [6, 6.07) is 7.22. The van der Waals surface area contributed by atoms with Gasteiger partial charge < -0.3 is 5.32 Å². The highest BCUT2D eigenvalue weighted by Gasteiger charge is 2.18. The first-order valence-electron chi connectivity index (χ1n) is 4.98. The van der Waals surface area contributed by atoms with Crippen LogP contribution in [0.5, 0.6) is 0 Å². The average Bonchev–Trinajstić information content (AvgIpc) is 2.72. The van der Waals surface area contributed by atoms with E-state index in [1.807, 2.05) is 24.6 Å². The summed E-state index contributed by atoms with van der Waals surface area (Å²) in [4.78, 5) is 0. The molecular formula is C12H10Br2FNS. The van der Waals surface area contributed by atoms with Crippen molar-refractivity contribution >= 4 is 43.2 Å². The minimum atomic E-state index is -0.214. The van der Waals surface area contributed by atoms with E-state index in [0.717, 1.165) is 9.35 Å². The maximum absolute atomic E-state index is 14.0. The molecule has 1 heterocycles. The number of nitrogens with one attached hydrogen (secondary N) is 1. The molecule has 0 aliphatic carbocycles. The third-order valence-electron chi connectivity index (χ3n) is 2.50. The van der Waals surface area contributed by atoms with Gasteiger partial charge in [-0.3, -0.25) is 0 Å². The van der Waals surface area contributed by atoms with Crippen LogP contribution in [-0.4, -0.2) is 7.05 Å². The Labute approximate surface area is 120 Å². The highest BCUT2D eigenvalue weighted by atomic mass is 79.9. The topological polar surface area (TPSA) is 12.0 Å². The van der Waals surface area contributed by atoms with Crippen molar-refractivity contribution in [2.45, 2.75) is 6.04 Å². The van der Waals surface area contributed by atoms with E-state index in [0.29, 0.717) is 10.0 Å². The van der Waals surface area contributed by atoms with Crippen LogP contribution in [0.4, 0.5) is 4.39 Å². The van der Waals surface area contributed by atoms with Gasteiger partial charge in [-0.25, -0.2) is 4.39 Å². The van der Waals surface area contributed by atoms with E-state index in [2.05, 4.69) is 37.2 Å². The third-order valence-corrected chi connectivity index (χ3v) is 4.64. The highest BCUT2D eigenvalue weighted by molar-refractivity contribution is 9.11. The van der Waals surface area contributed by atoms with E-state index in [9.17, 15) is 4.39 Å². The Morgan fingerprint density at radius 3 is 2.71 bits per heavy atom. The quantitative estimate of drug-likeness (QED) is 0.814. The zero-order chi connectivity index (χ0) is 12.4. The molecule has 2 rings (SSSR count). The molecule has 0 spiro atoms. The molecule has 0 radical (unpaired) electrons. The van der Waals surface area contributed by atoms with Crippen LogP contribution in [0.25, 0.3) is 0 Å². The Morgan fingerprint density at radius 2 is 2.12 bits per heavy atom. The second-order valence-electron chi connectivity index (χ2n) is 3.55. The number of thiophene rings is 1. The fourth-order valence-corrected chi connectivity index (χ4v) is 3.30. The molecule has 2 aromatic rings. The van der Waals surface area contributed by atoms with Crippen molar-refractivity contribution in [2.24, 2.45) is 0 Å². The molecule has 1 nitrogen and oxygen atoms in total. The molecule has 1 atom stereocenters.